The van der Waals surface area contributed by atoms with Gasteiger partial charge >= 0.3 is 0 Å². The topological polar surface area (TPSA) is 74.4 Å². The van der Waals surface area contributed by atoms with Gasteiger partial charge in [0.15, 0.2) is 0 Å². The lowest BCUT2D eigenvalue weighted by molar-refractivity contribution is -0.0575. The highest BCUT2D eigenvalue weighted by Gasteiger charge is 2.52. The number of aromatic hydroxyl groups is 2. The van der Waals surface area contributed by atoms with Crippen molar-refractivity contribution < 1.29 is 14.9 Å². The summed E-state index contributed by atoms with van der Waals surface area (Å²) in [6, 6.07) is 22.4. The molecule has 0 bridgehead atoms. The van der Waals surface area contributed by atoms with Crippen molar-refractivity contribution in [1.82, 2.24) is 0 Å². The summed E-state index contributed by atoms with van der Waals surface area (Å²) in [6.07, 6.45) is 7.39. The van der Waals surface area contributed by atoms with Gasteiger partial charge in [0.05, 0.1) is 6.04 Å². The van der Waals surface area contributed by atoms with Crippen LogP contribution < -0.4 is 4.74 Å². The van der Waals surface area contributed by atoms with Crippen LogP contribution in [0.15, 0.2) is 82.8 Å². The van der Waals surface area contributed by atoms with Crippen LogP contribution in [0.25, 0.3) is 0 Å². The van der Waals surface area contributed by atoms with Crippen LogP contribution in [0.2, 0.25) is 0 Å². The summed E-state index contributed by atoms with van der Waals surface area (Å²) < 4.78 is 6.68. The van der Waals surface area contributed by atoms with Gasteiger partial charge in [-0.3, -0.25) is 4.99 Å². The molecule has 1 fully saturated rings. The molecule has 2 N–H and O–H groups in total. The number of benzene rings is 3. The Balaban J connectivity index is 1.60. The van der Waals surface area contributed by atoms with E-state index in [1.807, 2.05) is 48.5 Å². The molecule has 2 aliphatic rings. The zero-order valence-corrected chi connectivity index (χ0v) is 19.3. The molecule has 3 aromatic rings. The van der Waals surface area contributed by atoms with Gasteiger partial charge < -0.3 is 14.9 Å². The maximum absolute atomic E-state index is 10.3. The standard InChI is InChI=1S/C29H30N2O3/c1-2-20-15-16-29(31-19-22-10-4-7-13-26(22)33)24(17-20)28(23-11-5-8-14-27(23)34-29)30-18-21-9-3-6-12-25(21)32/h3-14,18-20,24,28,32-33H,2,15-17H2,1H3. The zero-order chi connectivity index (χ0) is 23.5. The van der Waals surface area contributed by atoms with Crippen molar-refractivity contribution in [1.29, 1.82) is 0 Å². The lowest BCUT2D eigenvalue weighted by Crippen LogP contribution is -2.51. The van der Waals surface area contributed by atoms with Gasteiger partial charge in [-0.1, -0.05) is 55.8 Å². The maximum atomic E-state index is 10.3. The lowest BCUT2D eigenvalue weighted by atomic mass is 9.68. The van der Waals surface area contributed by atoms with Crippen LogP contribution in [-0.4, -0.2) is 28.4 Å². The monoisotopic (exact) mass is 454 g/mol. The van der Waals surface area contributed by atoms with Gasteiger partial charge in [0, 0.05) is 41.5 Å². The van der Waals surface area contributed by atoms with E-state index in [4.69, 9.17) is 14.7 Å². The van der Waals surface area contributed by atoms with Gasteiger partial charge in [0.25, 0.3) is 0 Å². The fraction of sp³-hybridized carbons (Fsp3) is 0.310. The van der Waals surface area contributed by atoms with Crippen molar-refractivity contribution in [3.05, 3.63) is 89.5 Å². The van der Waals surface area contributed by atoms with Gasteiger partial charge in [0.2, 0.25) is 5.72 Å². The Bertz CT molecular complexity index is 1220. The van der Waals surface area contributed by atoms with E-state index in [2.05, 4.69) is 13.0 Å². The van der Waals surface area contributed by atoms with Crippen molar-refractivity contribution in [3.63, 3.8) is 0 Å². The minimum absolute atomic E-state index is 0.0327. The number of nitrogens with zero attached hydrogens (tertiary/aromatic N) is 2. The highest BCUT2D eigenvalue weighted by Crippen LogP contribution is 2.54. The molecule has 3 aromatic carbocycles. The third-order valence-electron chi connectivity index (χ3n) is 7.23. The number of phenolic OH excluding ortho intramolecular Hbond substituents is 2. The SMILES string of the molecule is CCC1CCC2(N=Cc3ccccc3O)Oc3ccccc3C(N=Cc3ccccc3O)C2C1. The van der Waals surface area contributed by atoms with Crippen molar-refractivity contribution in [2.75, 3.05) is 0 Å². The van der Waals surface area contributed by atoms with E-state index in [1.165, 1.54) is 0 Å². The van der Waals surface area contributed by atoms with Crippen LogP contribution >= 0.6 is 0 Å². The first-order chi connectivity index (χ1) is 16.6. The average Bonchev–Trinajstić information content (AvgIpc) is 2.86. The third kappa shape index (κ3) is 4.18. The number of fused-ring (bicyclic) bond motifs is 2. The smallest absolute Gasteiger partial charge is 0.205 e. The lowest BCUT2D eigenvalue weighted by Gasteiger charge is -2.49. The molecular formula is C29H30N2O3. The summed E-state index contributed by atoms with van der Waals surface area (Å²) in [6.45, 7) is 2.24. The second-order valence-electron chi connectivity index (χ2n) is 9.24. The minimum atomic E-state index is -0.761. The van der Waals surface area contributed by atoms with E-state index in [9.17, 15) is 10.2 Å². The summed E-state index contributed by atoms with van der Waals surface area (Å²) in [5.74, 6) is 1.82. The molecule has 5 heteroatoms. The molecule has 1 aliphatic heterocycles. The summed E-state index contributed by atoms with van der Waals surface area (Å²) >= 11 is 0. The maximum Gasteiger partial charge on any atom is 0.205 e. The highest BCUT2D eigenvalue weighted by molar-refractivity contribution is 5.84. The molecule has 0 radical (unpaired) electrons. The largest absolute Gasteiger partial charge is 0.507 e. The summed E-state index contributed by atoms with van der Waals surface area (Å²) in [5.41, 5.74) is 1.65. The van der Waals surface area contributed by atoms with Gasteiger partial charge in [-0.2, -0.15) is 0 Å². The van der Waals surface area contributed by atoms with E-state index in [0.29, 0.717) is 17.0 Å². The van der Waals surface area contributed by atoms with Gasteiger partial charge in [-0.25, -0.2) is 4.99 Å². The van der Waals surface area contributed by atoms with E-state index in [0.717, 1.165) is 37.0 Å². The number of hydrogen-bond acceptors (Lipinski definition) is 5. The van der Waals surface area contributed by atoms with Crippen LogP contribution in [0.5, 0.6) is 17.2 Å². The summed E-state index contributed by atoms with van der Waals surface area (Å²) in [7, 11) is 0. The molecule has 0 spiro atoms. The summed E-state index contributed by atoms with van der Waals surface area (Å²) in [4.78, 5) is 10.1. The normalized spacial score (nSPS) is 26.2. The second kappa shape index (κ2) is 9.34. The molecule has 34 heavy (non-hydrogen) atoms. The molecule has 1 saturated carbocycles. The Morgan fingerprint density at radius 1 is 0.912 bits per heavy atom. The molecule has 0 amide bonds. The van der Waals surface area contributed by atoms with E-state index in [-0.39, 0.29) is 23.5 Å². The molecule has 5 rings (SSSR count). The average molecular weight is 455 g/mol. The Kier molecular flexibility index (Phi) is 6.10. The highest BCUT2D eigenvalue weighted by atomic mass is 16.5. The quantitative estimate of drug-likeness (QED) is 0.445. The fourth-order valence-corrected chi connectivity index (χ4v) is 5.26. The van der Waals surface area contributed by atoms with Crippen molar-refractivity contribution >= 4 is 12.4 Å². The molecule has 4 atom stereocenters. The van der Waals surface area contributed by atoms with Gasteiger partial charge in [0.1, 0.15) is 17.2 Å². The fourth-order valence-electron chi connectivity index (χ4n) is 5.26. The van der Waals surface area contributed by atoms with Crippen LogP contribution in [0.3, 0.4) is 0 Å². The van der Waals surface area contributed by atoms with E-state index >= 15 is 0 Å². The molecule has 174 valence electrons. The van der Waals surface area contributed by atoms with Crippen molar-refractivity contribution in [2.24, 2.45) is 21.8 Å². The number of aliphatic imine (C=N–C) groups is 2. The van der Waals surface area contributed by atoms with Crippen molar-refractivity contribution in [3.8, 4) is 17.2 Å². The minimum Gasteiger partial charge on any atom is -0.507 e. The van der Waals surface area contributed by atoms with Gasteiger partial charge in [-0.05, 0) is 49.1 Å². The van der Waals surface area contributed by atoms with Gasteiger partial charge in [-0.15, -0.1) is 0 Å². The summed E-state index contributed by atoms with van der Waals surface area (Å²) in [5, 5.41) is 20.6. The Morgan fingerprint density at radius 2 is 1.56 bits per heavy atom. The number of phenols is 2. The molecule has 1 heterocycles. The van der Waals surface area contributed by atoms with E-state index in [1.54, 1.807) is 30.6 Å². The predicted molar refractivity (Wildman–Crippen MR) is 135 cm³/mol. The number of para-hydroxylation sites is 3. The third-order valence-corrected chi connectivity index (χ3v) is 7.23. The Hall–Kier alpha value is -3.60. The Labute approximate surface area is 200 Å². The predicted octanol–water partition coefficient (Wildman–Crippen LogP) is 6.29. The number of hydrogen-bond donors (Lipinski definition) is 2. The molecule has 1 aliphatic carbocycles. The van der Waals surface area contributed by atoms with Crippen molar-refractivity contribution in [2.45, 2.75) is 44.4 Å². The zero-order valence-electron chi connectivity index (χ0n) is 19.3. The number of ether oxygens (including phenoxy) is 1. The van der Waals surface area contributed by atoms with Crippen LogP contribution in [0.1, 0.15) is 55.3 Å². The first-order valence-electron chi connectivity index (χ1n) is 12.0. The van der Waals surface area contributed by atoms with Crippen LogP contribution in [0.4, 0.5) is 0 Å². The second-order valence-corrected chi connectivity index (χ2v) is 9.24. The van der Waals surface area contributed by atoms with E-state index < -0.39 is 5.72 Å². The molecule has 5 nitrogen and oxygen atoms in total. The van der Waals surface area contributed by atoms with Crippen LogP contribution in [0, 0.1) is 11.8 Å². The first kappa shape index (κ1) is 22.2. The molecule has 0 saturated heterocycles. The molecular weight excluding hydrogens is 424 g/mol. The number of rotatable bonds is 5. The first-order valence-corrected chi connectivity index (χ1v) is 12.0. The molecule has 0 aromatic heterocycles. The Morgan fingerprint density at radius 3 is 2.26 bits per heavy atom. The van der Waals surface area contributed by atoms with Crippen LogP contribution in [-0.2, 0) is 0 Å². The molecule has 4 unspecified atom stereocenters.